The van der Waals surface area contributed by atoms with Crippen molar-refractivity contribution >= 4 is 50.5 Å². The zero-order valence-electron chi connectivity index (χ0n) is 9.58. The Morgan fingerprint density at radius 2 is 2.06 bits per heavy atom. The van der Waals surface area contributed by atoms with Crippen LogP contribution in [-0.2, 0) is 6.42 Å². The van der Waals surface area contributed by atoms with Crippen molar-refractivity contribution in [3.05, 3.63) is 54.1 Å². The lowest BCUT2D eigenvalue weighted by Gasteiger charge is -2.10. The van der Waals surface area contributed by atoms with E-state index in [4.69, 9.17) is 23.2 Å². The third-order valence-corrected chi connectivity index (χ3v) is 5.46. The van der Waals surface area contributed by atoms with Gasteiger partial charge < -0.3 is 5.11 Å². The largest absolute Gasteiger partial charge is 0.387 e. The summed E-state index contributed by atoms with van der Waals surface area (Å²) < 4.78 is 1.03. The van der Waals surface area contributed by atoms with Crippen molar-refractivity contribution in [3.63, 3.8) is 0 Å². The normalized spacial score (nSPS) is 12.7. The van der Waals surface area contributed by atoms with Crippen molar-refractivity contribution < 1.29 is 5.11 Å². The van der Waals surface area contributed by atoms with Crippen molar-refractivity contribution in [2.75, 3.05) is 0 Å². The van der Waals surface area contributed by atoms with Crippen molar-refractivity contribution in [3.8, 4) is 0 Å². The fraction of sp³-hybridized carbons (Fsp3) is 0.231. The summed E-state index contributed by atoms with van der Waals surface area (Å²) in [7, 11) is 0. The molecule has 0 aliphatic rings. The molecule has 0 saturated heterocycles. The summed E-state index contributed by atoms with van der Waals surface area (Å²) in [6, 6.07) is 7.28. The summed E-state index contributed by atoms with van der Waals surface area (Å²) in [6.45, 7) is 2.01. The van der Waals surface area contributed by atoms with Crippen molar-refractivity contribution in [1.29, 1.82) is 0 Å². The number of benzene rings is 1. The molecular formula is C13H11BrCl2OS. The van der Waals surface area contributed by atoms with E-state index in [2.05, 4.69) is 15.9 Å². The molecule has 1 unspecified atom stereocenters. The Hall–Kier alpha value is -0.0600. The minimum Gasteiger partial charge on any atom is -0.387 e. The van der Waals surface area contributed by atoms with Gasteiger partial charge in [0, 0.05) is 30.7 Å². The fourth-order valence-electron chi connectivity index (χ4n) is 1.64. The molecule has 5 heteroatoms. The number of aliphatic hydroxyl groups is 1. The maximum absolute atomic E-state index is 10.2. The van der Waals surface area contributed by atoms with Gasteiger partial charge in [-0.1, -0.05) is 29.3 Å². The minimum absolute atomic E-state index is 0.488. The molecule has 0 spiro atoms. The van der Waals surface area contributed by atoms with Crippen LogP contribution in [0, 0.1) is 6.92 Å². The molecule has 1 aromatic carbocycles. The summed E-state index contributed by atoms with van der Waals surface area (Å²) in [4.78, 5) is 2.09. The second-order valence-corrected chi connectivity index (χ2v) is 6.99. The van der Waals surface area contributed by atoms with E-state index in [-0.39, 0.29) is 0 Å². The topological polar surface area (TPSA) is 20.2 Å². The maximum Gasteiger partial charge on any atom is 0.0923 e. The molecule has 1 N–H and O–H groups in total. The van der Waals surface area contributed by atoms with Crippen LogP contribution >= 0.6 is 50.5 Å². The number of hydrogen-bond acceptors (Lipinski definition) is 2. The third-order valence-electron chi connectivity index (χ3n) is 2.63. The highest BCUT2D eigenvalue weighted by molar-refractivity contribution is 9.10. The molecule has 96 valence electrons. The van der Waals surface area contributed by atoms with Crippen molar-refractivity contribution in [2.24, 2.45) is 0 Å². The van der Waals surface area contributed by atoms with Crippen LogP contribution in [0.2, 0.25) is 10.0 Å². The van der Waals surface area contributed by atoms with Gasteiger partial charge in [-0.2, -0.15) is 0 Å². The van der Waals surface area contributed by atoms with Gasteiger partial charge in [0.25, 0.3) is 0 Å². The van der Waals surface area contributed by atoms with Crippen LogP contribution in [0.1, 0.15) is 21.4 Å². The first-order valence-electron chi connectivity index (χ1n) is 5.35. The lowest BCUT2D eigenvalue weighted by molar-refractivity contribution is 0.182. The molecule has 1 heterocycles. The fourth-order valence-corrected chi connectivity index (χ4v) is 3.67. The molecule has 1 atom stereocenters. The number of halogens is 3. The molecular weight excluding hydrogens is 355 g/mol. The van der Waals surface area contributed by atoms with Crippen LogP contribution in [0.4, 0.5) is 0 Å². The van der Waals surface area contributed by atoms with E-state index in [1.807, 2.05) is 19.1 Å². The van der Waals surface area contributed by atoms with Gasteiger partial charge >= 0.3 is 0 Å². The van der Waals surface area contributed by atoms with Crippen LogP contribution in [0.5, 0.6) is 0 Å². The van der Waals surface area contributed by atoms with E-state index >= 15 is 0 Å². The predicted octanol–water partition coefficient (Wildman–Crippen LogP) is 5.40. The highest BCUT2D eigenvalue weighted by Gasteiger charge is 2.14. The molecule has 2 aromatic rings. The predicted molar refractivity (Wildman–Crippen MR) is 81.9 cm³/mol. The average molecular weight is 366 g/mol. The Labute approximate surface area is 128 Å². The van der Waals surface area contributed by atoms with E-state index in [9.17, 15) is 5.11 Å². The Bertz CT molecular complexity index is 549. The second-order valence-electron chi connectivity index (χ2n) is 4.01. The lowest BCUT2D eigenvalue weighted by Crippen LogP contribution is -2.00. The zero-order chi connectivity index (χ0) is 13.3. The number of aryl methyl sites for hydroxylation is 1. The molecule has 0 radical (unpaired) electrons. The van der Waals surface area contributed by atoms with Gasteiger partial charge in [-0.15, -0.1) is 11.3 Å². The lowest BCUT2D eigenvalue weighted by atomic mass is 10.1. The molecule has 2 rings (SSSR count). The summed E-state index contributed by atoms with van der Waals surface area (Å²) >= 11 is 17.0. The molecule has 1 nitrogen and oxygen atoms in total. The van der Waals surface area contributed by atoms with E-state index in [0.29, 0.717) is 16.5 Å². The van der Waals surface area contributed by atoms with Crippen LogP contribution in [0.3, 0.4) is 0 Å². The number of aliphatic hydroxyl groups excluding tert-OH is 1. The number of rotatable bonds is 3. The summed E-state index contributed by atoms with van der Waals surface area (Å²) in [6.07, 6.45) is -0.0544. The van der Waals surface area contributed by atoms with Crippen LogP contribution < -0.4 is 0 Å². The van der Waals surface area contributed by atoms with Gasteiger partial charge in [-0.25, -0.2) is 0 Å². The van der Waals surface area contributed by atoms with E-state index < -0.39 is 6.10 Å². The van der Waals surface area contributed by atoms with Gasteiger partial charge in [0.05, 0.1) is 6.10 Å². The number of hydrogen-bond donors (Lipinski definition) is 1. The monoisotopic (exact) mass is 364 g/mol. The molecule has 0 saturated carbocycles. The first-order chi connectivity index (χ1) is 8.47. The van der Waals surface area contributed by atoms with E-state index in [0.717, 1.165) is 19.8 Å². The van der Waals surface area contributed by atoms with E-state index in [1.165, 1.54) is 0 Å². The molecule has 1 aromatic heterocycles. The highest BCUT2D eigenvalue weighted by atomic mass is 79.9. The summed E-state index contributed by atoms with van der Waals surface area (Å²) in [5.41, 5.74) is 0.899. The SMILES string of the molecule is Cc1sc(C(O)Cc2ccc(Cl)cc2Cl)cc1Br. The van der Waals surface area contributed by atoms with Gasteiger partial charge in [0.2, 0.25) is 0 Å². The van der Waals surface area contributed by atoms with Gasteiger partial charge in [0.1, 0.15) is 0 Å². The molecule has 18 heavy (non-hydrogen) atoms. The highest BCUT2D eigenvalue weighted by Crippen LogP contribution is 2.33. The Kier molecular flexibility index (Phi) is 4.73. The smallest absolute Gasteiger partial charge is 0.0923 e. The Morgan fingerprint density at radius 1 is 1.33 bits per heavy atom. The minimum atomic E-state index is -0.543. The molecule has 0 amide bonds. The molecule has 0 aliphatic carbocycles. The maximum atomic E-state index is 10.2. The first-order valence-corrected chi connectivity index (χ1v) is 7.71. The van der Waals surface area contributed by atoms with Gasteiger partial charge in [-0.3, -0.25) is 0 Å². The van der Waals surface area contributed by atoms with Crippen molar-refractivity contribution in [1.82, 2.24) is 0 Å². The standard InChI is InChI=1S/C13H11BrCl2OS/c1-7-10(14)6-13(18-7)12(17)4-8-2-3-9(15)5-11(8)16/h2-3,5-6,12,17H,4H2,1H3. The second kappa shape index (κ2) is 5.93. The Balaban J connectivity index is 2.18. The molecule has 0 aliphatic heterocycles. The van der Waals surface area contributed by atoms with Crippen LogP contribution in [-0.4, -0.2) is 5.11 Å². The zero-order valence-corrected chi connectivity index (χ0v) is 13.5. The van der Waals surface area contributed by atoms with Crippen LogP contribution in [0.15, 0.2) is 28.7 Å². The van der Waals surface area contributed by atoms with Crippen LogP contribution in [0.25, 0.3) is 0 Å². The quantitative estimate of drug-likeness (QED) is 0.771. The molecule has 0 bridgehead atoms. The number of thiophene rings is 1. The van der Waals surface area contributed by atoms with Gasteiger partial charge in [-0.05, 0) is 46.6 Å². The Morgan fingerprint density at radius 3 is 2.61 bits per heavy atom. The third kappa shape index (κ3) is 3.28. The summed E-state index contributed by atoms with van der Waals surface area (Å²) in [5, 5.41) is 11.4. The molecule has 0 fully saturated rings. The first kappa shape index (κ1) is 14.4. The van der Waals surface area contributed by atoms with Crippen molar-refractivity contribution in [2.45, 2.75) is 19.4 Å². The summed E-state index contributed by atoms with van der Waals surface area (Å²) in [5.74, 6) is 0. The van der Waals surface area contributed by atoms with E-state index in [1.54, 1.807) is 23.5 Å². The van der Waals surface area contributed by atoms with Gasteiger partial charge in [0.15, 0.2) is 0 Å². The average Bonchev–Trinajstić information content (AvgIpc) is 2.63.